The topological polar surface area (TPSA) is 83.8 Å². The van der Waals surface area contributed by atoms with Crippen LogP contribution in [0.25, 0.3) is 0 Å². The number of phenolic OH excluding ortho intramolecular Hbond substituents is 2. The third-order valence-electron chi connectivity index (χ3n) is 4.56. The smallest absolute Gasteiger partial charge is 0.174 e. The monoisotopic (exact) mass is 330 g/mol. The number of carbonyl (C=O) groups is 2. The molecule has 128 valence electrons. The fourth-order valence-corrected chi connectivity index (χ4v) is 3.69. The van der Waals surface area contributed by atoms with Gasteiger partial charge in [0.25, 0.3) is 0 Å². The first-order valence-corrected chi connectivity index (χ1v) is 8.08. The fourth-order valence-electron chi connectivity index (χ4n) is 3.69. The standard InChI is InChI=1S/C19H22O5/c1-9-7-10-14(13(8-9)24-19(2,3)4)18(23)16-12(21)6-5-11(20)15(16)17(10)22/h5-6,8,10,13-14,20-21H,7H2,1-4H3/t10-,13+,14-/m1/s1. The van der Waals surface area contributed by atoms with Crippen LogP contribution in [0.5, 0.6) is 11.5 Å². The maximum atomic E-state index is 13.0. The molecule has 2 aliphatic carbocycles. The SMILES string of the molecule is CC1=C[C@H](OC(C)(C)C)[C@@H]2C(=O)c3c(O)ccc(O)c3C(=O)[C@@H]2C1. The van der Waals surface area contributed by atoms with Crippen LogP contribution in [0.1, 0.15) is 54.8 Å². The summed E-state index contributed by atoms with van der Waals surface area (Å²) in [6.07, 6.45) is 1.81. The molecule has 0 radical (unpaired) electrons. The fraction of sp³-hybridized carbons (Fsp3) is 0.474. The summed E-state index contributed by atoms with van der Waals surface area (Å²) in [5, 5.41) is 20.1. The van der Waals surface area contributed by atoms with E-state index in [1.165, 1.54) is 12.1 Å². The number of Topliss-reactive ketones (excluding diaryl/α,β-unsaturated/α-hetero) is 2. The number of ketones is 2. The summed E-state index contributed by atoms with van der Waals surface area (Å²) in [4.78, 5) is 26.0. The molecular weight excluding hydrogens is 308 g/mol. The quantitative estimate of drug-likeness (QED) is 0.610. The minimum Gasteiger partial charge on any atom is -0.507 e. The van der Waals surface area contributed by atoms with Crippen molar-refractivity contribution in [1.29, 1.82) is 0 Å². The van der Waals surface area contributed by atoms with Crippen LogP contribution in [-0.4, -0.2) is 33.5 Å². The van der Waals surface area contributed by atoms with Crippen LogP contribution in [0.15, 0.2) is 23.8 Å². The maximum absolute atomic E-state index is 13.0. The van der Waals surface area contributed by atoms with E-state index in [0.717, 1.165) is 5.57 Å². The number of rotatable bonds is 1. The van der Waals surface area contributed by atoms with Crippen LogP contribution < -0.4 is 0 Å². The summed E-state index contributed by atoms with van der Waals surface area (Å²) in [6, 6.07) is 2.48. The van der Waals surface area contributed by atoms with Gasteiger partial charge < -0.3 is 14.9 Å². The molecule has 3 rings (SSSR count). The molecule has 0 fully saturated rings. The number of benzene rings is 1. The van der Waals surface area contributed by atoms with Crippen LogP contribution in [0.4, 0.5) is 0 Å². The molecule has 0 unspecified atom stereocenters. The summed E-state index contributed by atoms with van der Waals surface area (Å²) in [7, 11) is 0. The Morgan fingerprint density at radius 3 is 2.12 bits per heavy atom. The first-order chi connectivity index (χ1) is 11.1. The lowest BCUT2D eigenvalue weighted by Crippen LogP contribution is -2.47. The predicted octanol–water partition coefficient (Wildman–Crippen LogP) is 3.24. The van der Waals surface area contributed by atoms with Crippen molar-refractivity contribution in [2.75, 3.05) is 0 Å². The van der Waals surface area contributed by atoms with Crippen molar-refractivity contribution < 1.29 is 24.5 Å². The maximum Gasteiger partial charge on any atom is 0.174 e. The number of ether oxygens (including phenoxy) is 1. The molecule has 0 saturated carbocycles. The van der Waals surface area contributed by atoms with Crippen molar-refractivity contribution >= 4 is 11.6 Å². The van der Waals surface area contributed by atoms with Crippen molar-refractivity contribution in [1.82, 2.24) is 0 Å². The third-order valence-corrected chi connectivity index (χ3v) is 4.56. The number of allylic oxidation sites excluding steroid dienone is 1. The van der Waals surface area contributed by atoms with E-state index >= 15 is 0 Å². The number of hydrogen-bond donors (Lipinski definition) is 2. The Morgan fingerprint density at radius 1 is 1.04 bits per heavy atom. The number of hydrogen-bond acceptors (Lipinski definition) is 5. The van der Waals surface area contributed by atoms with Crippen LogP contribution in [0.3, 0.4) is 0 Å². The van der Waals surface area contributed by atoms with Crippen LogP contribution in [0.2, 0.25) is 0 Å². The molecule has 0 aliphatic heterocycles. The van der Waals surface area contributed by atoms with E-state index in [4.69, 9.17) is 4.74 Å². The molecule has 0 aromatic heterocycles. The van der Waals surface area contributed by atoms with Crippen molar-refractivity contribution in [2.45, 2.75) is 45.8 Å². The zero-order valence-corrected chi connectivity index (χ0v) is 14.3. The van der Waals surface area contributed by atoms with Crippen LogP contribution in [0, 0.1) is 11.8 Å². The molecule has 0 amide bonds. The molecule has 0 spiro atoms. The van der Waals surface area contributed by atoms with Crippen molar-refractivity contribution in [3.8, 4) is 11.5 Å². The van der Waals surface area contributed by atoms with Gasteiger partial charge in [-0.25, -0.2) is 0 Å². The highest BCUT2D eigenvalue weighted by Crippen LogP contribution is 2.45. The average Bonchev–Trinajstić information content (AvgIpc) is 2.44. The molecule has 24 heavy (non-hydrogen) atoms. The summed E-state index contributed by atoms with van der Waals surface area (Å²) < 4.78 is 6.03. The predicted molar refractivity (Wildman–Crippen MR) is 88.4 cm³/mol. The molecule has 0 saturated heterocycles. The Hall–Kier alpha value is -2.14. The lowest BCUT2D eigenvalue weighted by Gasteiger charge is -2.40. The van der Waals surface area contributed by atoms with Gasteiger partial charge in [-0.15, -0.1) is 0 Å². The highest BCUT2D eigenvalue weighted by molar-refractivity contribution is 6.19. The van der Waals surface area contributed by atoms with Gasteiger partial charge in [0.05, 0.1) is 28.7 Å². The lowest BCUT2D eigenvalue weighted by atomic mass is 9.66. The van der Waals surface area contributed by atoms with Crippen LogP contribution >= 0.6 is 0 Å². The number of aromatic hydroxyl groups is 2. The van der Waals surface area contributed by atoms with E-state index in [9.17, 15) is 19.8 Å². The summed E-state index contributed by atoms with van der Waals surface area (Å²) in [6.45, 7) is 7.59. The highest BCUT2D eigenvalue weighted by atomic mass is 16.5. The first-order valence-electron chi connectivity index (χ1n) is 8.08. The normalized spacial score (nSPS) is 26.7. The zero-order valence-electron chi connectivity index (χ0n) is 14.3. The summed E-state index contributed by atoms with van der Waals surface area (Å²) >= 11 is 0. The van der Waals surface area contributed by atoms with Gasteiger partial charge >= 0.3 is 0 Å². The molecule has 0 bridgehead atoms. The van der Waals surface area contributed by atoms with Gasteiger partial charge in [0, 0.05) is 5.92 Å². The zero-order chi connectivity index (χ0) is 17.8. The minimum absolute atomic E-state index is 0.0644. The van der Waals surface area contributed by atoms with E-state index < -0.39 is 23.5 Å². The Bertz CT molecular complexity index is 754. The Balaban J connectivity index is 2.14. The Labute approximate surface area is 140 Å². The largest absolute Gasteiger partial charge is 0.507 e. The minimum atomic E-state index is -0.680. The molecule has 1 aromatic carbocycles. The second-order valence-corrected chi connectivity index (χ2v) is 7.63. The van der Waals surface area contributed by atoms with Gasteiger partial charge in [-0.1, -0.05) is 11.6 Å². The molecule has 0 heterocycles. The lowest BCUT2D eigenvalue weighted by molar-refractivity contribution is -0.0667. The van der Waals surface area contributed by atoms with Gasteiger partial charge in [-0.05, 0) is 46.2 Å². The molecule has 5 nitrogen and oxygen atoms in total. The molecule has 1 aromatic rings. The molecule has 5 heteroatoms. The molecule has 2 N–H and O–H groups in total. The Kier molecular flexibility index (Phi) is 3.79. The number of fused-ring (bicyclic) bond motifs is 2. The van der Waals surface area contributed by atoms with E-state index in [2.05, 4.69) is 0 Å². The molecule has 2 aliphatic rings. The van der Waals surface area contributed by atoms with E-state index in [-0.39, 0.29) is 34.2 Å². The van der Waals surface area contributed by atoms with Gasteiger partial charge in [-0.2, -0.15) is 0 Å². The van der Waals surface area contributed by atoms with Gasteiger partial charge in [0.2, 0.25) is 0 Å². The number of carbonyl (C=O) groups excluding carboxylic acids is 2. The highest BCUT2D eigenvalue weighted by Gasteiger charge is 2.49. The second kappa shape index (κ2) is 5.45. The van der Waals surface area contributed by atoms with Crippen LogP contribution in [-0.2, 0) is 4.74 Å². The first kappa shape index (κ1) is 16.7. The van der Waals surface area contributed by atoms with Crippen molar-refractivity contribution in [3.05, 3.63) is 34.9 Å². The third kappa shape index (κ3) is 2.63. The summed E-state index contributed by atoms with van der Waals surface area (Å²) in [5.41, 5.74) is 0.352. The second-order valence-electron chi connectivity index (χ2n) is 7.63. The van der Waals surface area contributed by atoms with Gasteiger partial charge in [-0.3, -0.25) is 9.59 Å². The van der Waals surface area contributed by atoms with E-state index in [0.29, 0.717) is 6.42 Å². The Morgan fingerprint density at radius 2 is 1.58 bits per heavy atom. The van der Waals surface area contributed by atoms with Crippen molar-refractivity contribution in [2.24, 2.45) is 11.8 Å². The average molecular weight is 330 g/mol. The number of phenols is 2. The van der Waals surface area contributed by atoms with E-state index in [1.807, 2.05) is 33.8 Å². The molecular formula is C19H22O5. The summed E-state index contributed by atoms with van der Waals surface area (Å²) in [5.74, 6) is -2.45. The van der Waals surface area contributed by atoms with Gasteiger partial charge in [0.15, 0.2) is 11.6 Å². The van der Waals surface area contributed by atoms with Gasteiger partial charge in [0.1, 0.15) is 11.5 Å². The van der Waals surface area contributed by atoms with E-state index in [1.54, 1.807) is 0 Å². The molecule has 3 atom stereocenters. The van der Waals surface area contributed by atoms with Crippen molar-refractivity contribution in [3.63, 3.8) is 0 Å².